The highest BCUT2D eigenvalue weighted by Gasteiger charge is 2.12. The van der Waals surface area contributed by atoms with E-state index in [2.05, 4.69) is 15.3 Å². The summed E-state index contributed by atoms with van der Waals surface area (Å²) < 4.78 is 26.2. The molecule has 5 heteroatoms. The third kappa shape index (κ3) is 2.16. The lowest BCUT2D eigenvalue weighted by Crippen LogP contribution is -2.02. The average Bonchev–Trinajstić information content (AvgIpc) is 2.40. The van der Waals surface area contributed by atoms with E-state index in [1.54, 1.807) is 7.05 Å². The summed E-state index contributed by atoms with van der Waals surface area (Å²) in [6.45, 7) is 1.96. The third-order valence-corrected chi connectivity index (χ3v) is 2.73. The van der Waals surface area contributed by atoms with E-state index >= 15 is 0 Å². The first-order valence-corrected chi connectivity index (χ1v) is 5.64. The minimum atomic E-state index is -0.876. The molecule has 18 heavy (non-hydrogen) atoms. The largest absolute Gasteiger partial charge is 0.373 e. The van der Waals surface area contributed by atoms with E-state index in [1.807, 2.05) is 6.92 Å². The van der Waals surface area contributed by atoms with Crippen LogP contribution in [0.15, 0.2) is 24.5 Å². The van der Waals surface area contributed by atoms with Crippen molar-refractivity contribution in [1.29, 1.82) is 0 Å². The number of aromatic nitrogens is 2. The van der Waals surface area contributed by atoms with Crippen LogP contribution in [0, 0.1) is 11.6 Å². The maximum absolute atomic E-state index is 13.2. The highest BCUT2D eigenvalue weighted by Crippen LogP contribution is 2.26. The molecule has 0 fully saturated rings. The molecule has 0 saturated carbocycles. The fourth-order valence-electron chi connectivity index (χ4n) is 1.85. The number of benzene rings is 1. The minimum Gasteiger partial charge on any atom is -0.373 e. The van der Waals surface area contributed by atoms with Gasteiger partial charge in [-0.2, -0.15) is 0 Å². The number of hydrogen-bond acceptors (Lipinski definition) is 3. The quantitative estimate of drug-likeness (QED) is 0.908. The summed E-state index contributed by atoms with van der Waals surface area (Å²) in [5, 5.41) is 2.96. The topological polar surface area (TPSA) is 37.8 Å². The first-order chi connectivity index (χ1) is 8.67. The van der Waals surface area contributed by atoms with Crippen molar-refractivity contribution in [3.8, 4) is 11.3 Å². The van der Waals surface area contributed by atoms with Crippen molar-refractivity contribution in [3.63, 3.8) is 0 Å². The van der Waals surface area contributed by atoms with Gasteiger partial charge >= 0.3 is 0 Å². The molecular formula is C13H13F2N3. The maximum atomic E-state index is 13.2. The summed E-state index contributed by atoms with van der Waals surface area (Å²) in [6, 6.07) is 3.76. The standard InChI is InChI=1S/C13H13F2N3/c1-3-9-12(17-7-18-13(9)16-2)8-4-5-10(14)11(15)6-8/h4-7H,3H2,1-2H3,(H,16,17,18). The van der Waals surface area contributed by atoms with Crippen molar-refractivity contribution in [2.75, 3.05) is 12.4 Å². The molecule has 0 aliphatic rings. The summed E-state index contributed by atoms with van der Waals surface area (Å²) in [4.78, 5) is 8.26. The van der Waals surface area contributed by atoms with E-state index in [0.29, 0.717) is 23.5 Å². The third-order valence-electron chi connectivity index (χ3n) is 2.73. The molecule has 0 saturated heterocycles. The summed E-state index contributed by atoms with van der Waals surface area (Å²) in [7, 11) is 1.76. The molecule has 3 nitrogen and oxygen atoms in total. The molecular weight excluding hydrogens is 236 g/mol. The van der Waals surface area contributed by atoms with E-state index in [9.17, 15) is 8.78 Å². The summed E-state index contributed by atoms with van der Waals surface area (Å²) in [5.41, 5.74) is 2.05. The van der Waals surface area contributed by atoms with Crippen LogP contribution < -0.4 is 5.32 Å². The highest BCUT2D eigenvalue weighted by molar-refractivity contribution is 5.68. The van der Waals surface area contributed by atoms with E-state index in [1.165, 1.54) is 12.4 Å². The minimum absolute atomic E-state index is 0.546. The van der Waals surface area contributed by atoms with Crippen LogP contribution in [0.2, 0.25) is 0 Å². The molecule has 2 rings (SSSR count). The van der Waals surface area contributed by atoms with Crippen LogP contribution in [0.3, 0.4) is 0 Å². The van der Waals surface area contributed by atoms with Gasteiger partial charge in [-0.05, 0) is 24.6 Å². The van der Waals surface area contributed by atoms with Crippen LogP contribution in [0.4, 0.5) is 14.6 Å². The first kappa shape index (κ1) is 12.4. The zero-order valence-corrected chi connectivity index (χ0v) is 10.2. The molecule has 94 valence electrons. The number of halogens is 2. The van der Waals surface area contributed by atoms with Crippen molar-refractivity contribution < 1.29 is 8.78 Å². The Bertz CT molecular complexity index is 570. The lowest BCUT2D eigenvalue weighted by molar-refractivity contribution is 0.509. The van der Waals surface area contributed by atoms with Gasteiger partial charge in [0.2, 0.25) is 0 Å². The van der Waals surface area contributed by atoms with Gasteiger partial charge in [0.25, 0.3) is 0 Å². The molecule has 0 aliphatic carbocycles. The molecule has 0 atom stereocenters. The van der Waals surface area contributed by atoms with Crippen LogP contribution in [-0.2, 0) is 6.42 Å². The molecule has 0 aliphatic heterocycles. The van der Waals surface area contributed by atoms with Crippen molar-refractivity contribution in [3.05, 3.63) is 41.7 Å². The summed E-state index contributed by atoms with van der Waals surface area (Å²) in [5.74, 6) is -1.04. The van der Waals surface area contributed by atoms with Crippen molar-refractivity contribution in [2.45, 2.75) is 13.3 Å². The first-order valence-electron chi connectivity index (χ1n) is 5.64. The van der Waals surface area contributed by atoms with Gasteiger partial charge in [0.15, 0.2) is 11.6 Å². The second-order valence-corrected chi connectivity index (χ2v) is 3.78. The molecule has 1 aromatic carbocycles. The van der Waals surface area contributed by atoms with Gasteiger partial charge in [0.1, 0.15) is 12.1 Å². The summed E-state index contributed by atoms with van der Waals surface area (Å²) >= 11 is 0. The zero-order chi connectivity index (χ0) is 13.1. The van der Waals surface area contributed by atoms with Crippen molar-refractivity contribution >= 4 is 5.82 Å². The van der Waals surface area contributed by atoms with E-state index in [4.69, 9.17) is 0 Å². The Hall–Kier alpha value is -2.04. The molecule has 0 amide bonds. The molecule has 0 bridgehead atoms. The Kier molecular flexibility index (Phi) is 3.50. The molecule has 0 spiro atoms. The maximum Gasteiger partial charge on any atom is 0.159 e. The Morgan fingerprint density at radius 3 is 2.56 bits per heavy atom. The summed E-state index contributed by atoms with van der Waals surface area (Å²) in [6.07, 6.45) is 2.10. The number of rotatable bonds is 3. The van der Waals surface area contributed by atoms with E-state index in [-0.39, 0.29) is 0 Å². The SMILES string of the molecule is CCc1c(NC)ncnc1-c1ccc(F)c(F)c1. The van der Waals surface area contributed by atoms with Gasteiger partial charge in [-0.1, -0.05) is 6.92 Å². The monoisotopic (exact) mass is 249 g/mol. The fourth-order valence-corrected chi connectivity index (χ4v) is 1.85. The van der Waals surface area contributed by atoms with Gasteiger partial charge in [-0.25, -0.2) is 18.7 Å². The second-order valence-electron chi connectivity index (χ2n) is 3.78. The molecule has 2 aromatic rings. The van der Waals surface area contributed by atoms with Crippen LogP contribution >= 0.6 is 0 Å². The fraction of sp³-hybridized carbons (Fsp3) is 0.231. The molecule has 0 unspecified atom stereocenters. The van der Waals surface area contributed by atoms with Crippen LogP contribution in [0.1, 0.15) is 12.5 Å². The molecule has 1 heterocycles. The second kappa shape index (κ2) is 5.08. The number of nitrogens with one attached hydrogen (secondary N) is 1. The Morgan fingerprint density at radius 1 is 1.17 bits per heavy atom. The van der Waals surface area contributed by atoms with Crippen molar-refractivity contribution in [2.24, 2.45) is 0 Å². The van der Waals surface area contributed by atoms with E-state index in [0.717, 1.165) is 17.7 Å². The Balaban J connectivity index is 2.59. The molecule has 1 aromatic heterocycles. The van der Waals surface area contributed by atoms with E-state index < -0.39 is 11.6 Å². The molecule has 0 radical (unpaired) electrons. The van der Waals surface area contributed by atoms with Crippen molar-refractivity contribution in [1.82, 2.24) is 9.97 Å². The normalized spacial score (nSPS) is 10.4. The lowest BCUT2D eigenvalue weighted by Gasteiger charge is -2.11. The van der Waals surface area contributed by atoms with Crippen LogP contribution in [0.25, 0.3) is 11.3 Å². The van der Waals surface area contributed by atoms with Gasteiger partial charge in [0, 0.05) is 18.2 Å². The van der Waals surface area contributed by atoms with Gasteiger partial charge in [-0.3, -0.25) is 0 Å². The predicted molar refractivity (Wildman–Crippen MR) is 66.3 cm³/mol. The van der Waals surface area contributed by atoms with Crippen LogP contribution in [0.5, 0.6) is 0 Å². The Labute approximate surface area is 104 Å². The Morgan fingerprint density at radius 2 is 1.94 bits per heavy atom. The average molecular weight is 249 g/mol. The van der Waals surface area contributed by atoms with Gasteiger partial charge in [-0.15, -0.1) is 0 Å². The van der Waals surface area contributed by atoms with Gasteiger partial charge in [0.05, 0.1) is 5.69 Å². The number of anilines is 1. The van der Waals surface area contributed by atoms with Gasteiger partial charge < -0.3 is 5.32 Å². The predicted octanol–water partition coefficient (Wildman–Crippen LogP) is 3.03. The smallest absolute Gasteiger partial charge is 0.159 e. The number of hydrogen-bond donors (Lipinski definition) is 1. The highest BCUT2D eigenvalue weighted by atomic mass is 19.2. The zero-order valence-electron chi connectivity index (χ0n) is 10.2. The molecule has 1 N–H and O–H groups in total. The lowest BCUT2D eigenvalue weighted by atomic mass is 10.0. The van der Waals surface area contributed by atoms with Crippen LogP contribution in [-0.4, -0.2) is 17.0 Å². The number of nitrogens with zero attached hydrogens (tertiary/aromatic N) is 2.